The molecule has 1 aliphatic carbocycles. The number of rotatable bonds is 7. The van der Waals surface area contributed by atoms with Gasteiger partial charge >= 0.3 is 0 Å². The number of hydrogen-bond acceptors (Lipinski definition) is 2. The Kier molecular flexibility index (Phi) is 7.63. The van der Waals surface area contributed by atoms with Gasteiger partial charge in [-0.05, 0) is 67.8 Å². The van der Waals surface area contributed by atoms with Crippen LogP contribution in [0.3, 0.4) is 0 Å². The number of halogens is 2. The Bertz CT molecular complexity index is 728. The SMILES string of the molecule is CCOc1ccc(C(c2cc(Br)ccc2Cl)N(CC)C2CCCCC2)cc1. The van der Waals surface area contributed by atoms with Crippen LogP contribution >= 0.6 is 27.5 Å². The summed E-state index contributed by atoms with van der Waals surface area (Å²) >= 11 is 10.3. The summed E-state index contributed by atoms with van der Waals surface area (Å²) in [6.45, 7) is 5.97. The van der Waals surface area contributed by atoms with Crippen LogP contribution in [-0.2, 0) is 0 Å². The van der Waals surface area contributed by atoms with E-state index in [4.69, 9.17) is 16.3 Å². The quantitative estimate of drug-likeness (QED) is 0.440. The van der Waals surface area contributed by atoms with Crippen LogP contribution in [0.15, 0.2) is 46.9 Å². The highest BCUT2D eigenvalue weighted by Crippen LogP contribution is 2.39. The van der Waals surface area contributed by atoms with Crippen molar-refractivity contribution in [2.24, 2.45) is 0 Å². The molecule has 0 radical (unpaired) electrons. The summed E-state index contributed by atoms with van der Waals surface area (Å²) in [5, 5.41) is 0.825. The third kappa shape index (κ3) is 5.07. The number of nitrogens with zero attached hydrogens (tertiary/aromatic N) is 1. The Balaban J connectivity index is 2.03. The van der Waals surface area contributed by atoms with E-state index in [0.29, 0.717) is 12.6 Å². The van der Waals surface area contributed by atoms with Crippen molar-refractivity contribution in [1.82, 2.24) is 4.90 Å². The maximum atomic E-state index is 6.69. The average molecular weight is 451 g/mol. The predicted octanol–water partition coefficient (Wildman–Crippen LogP) is 7.25. The topological polar surface area (TPSA) is 12.5 Å². The molecule has 0 amide bonds. The summed E-state index contributed by atoms with van der Waals surface area (Å²) in [6, 6.07) is 15.5. The highest BCUT2D eigenvalue weighted by Gasteiger charge is 2.30. The van der Waals surface area contributed by atoms with E-state index in [9.17, 15) is 0 Å². The summed E-state index contributed by atoms with van der Waals surface area (Å²) in [6.07, 6.45) is 6.55. The minimum atomic E-state index is 0.152. The van der Waals surface area contributed by atoms with Crippen LogP contribution in [-0.4, -0.2) is 24.1 Å². The monoisotopic (exact) mass is 449 g/mol. The van der Waals surface area contributed by atoms with Gasteiger partial charge in [0, 0.05) is 15.5 Å². The first-order valence-corrected chi connectivity index (χ1v) is 11.2. The lowest BCUT2D eigenvalue weighted by atomic mass is 9.89. The van der Waals surface area contributed by atoms with Crippen LogP contribution < -0.4 is 4.74 Å². The van der Waals surface area contributed by atoms with Gasteiger partial charge in [0.25, 0.3) is 0 Å². The Hall–Kier alpha value is -1.03. The van der Waals surface area contributed by atoms with Crippen molar-refractivity contribution in [1.29, 1.82) is 0 Å². The molecule has 2 aromatic rings. The van der Waals surface area contributed by atoms with Crippen molar-refractivity contribution in [3.8, 4) is 5.75 Å². The molecular weight excluding hydrogens is 422 g/mol. The number of hydrogen-bond donors (Lipinski definition) is 0. The predicted molar refractivity (Wildman–Crippen MR) is 118 cm³/mol. The zero-order chi connectivity index (χ0) is 19.2. The lowest BCUT2D eigenvalue weighted by molar-refractivity contribution is 0.129. The van der Waals surface area contributed by atoms with E-state index in [2.05, 4.69) is 58.1 Å². The lowest BCUT2D eigenvalue weighted by Gasteiger charge is -2.40. The molecule has 0 aliphatic heterocycles. The molecule has 1 fully saturated rings. The third-order valence-corrected chi connectivity index (χ3v) is 6.34. The smallest absolute Gasteiger partial charge is 0.119 e. The fourth-order valence-corrected chi connectivity index (χ4v) is 4.85. The first kappa shape index (κ1) is 20.7. The van der Waals surface area contributed by atoms with E-state index in [0.717, 1.165) is 21.8 Å². The molecule has 1 aliphatic rings. The van der Waals surface area contributed by atoms with Gasteiger partial charge in [-0.15, -0.1) is 0 Å². The van der Waals surface area contributed by atoms with Crippen LogP contribution in [0.5, 0.6) is 5.75 Å². The van der Waals surface area contributed by atoms with Crippen LogP contribution in [0.4, 0.5) is 0 Å². The van der Waals surface area contributed by atoms with E-state index < -0.39 is 0 Å². The average Bonchev–Trinajstić information content (AvgIpc) is 2.70. The van der Waals surface area contributed by atoms with E-state index >= 15 is 0 Å². The minimum absolute atomic E-state index is 0.152. The standard InChI is InChI=1S/C23H29BrClNO/c1-3-26(19-8-6-5-7-9-19)23(21-16-18(24)12-15-22(21)25)17-10-13-20(14-11-17)27-4-2/h10-16,19,23H,3-9H2,1-2H3. The van der Waals surface area contributed by atoms with Crippen molar-refractivity contribution in [3.63, 3.8) is 0 Å². The second kappa shape index (κ2) is 9.95. The largest absolute Gasteiger partial charge is 0.494 e. The maximum absolute atomic E-state index is 6.69. The van der Waals surface area contributed by atoms with Gasteiger partial charge < -0.3 is 4.74 Å². The van der Waals surface area contributed by atoms with Gasteiger partial charge in [0.1, 0.15) is 5.75 Å². The molecule has 2 aromatic carbocycles. The Morgan fingerprint density at radius 1 is 1.07 bits per heavy atom. The van der Waals surface area contributed by atoms with E-state index in [1.807, 2.05) is 19.1 Å². The fraction of sp³-hybridized carbons (Fsp3) is 0.478. The molecule has 0 spiro atoms. The van der Waals surface area contributed by atoms with Crippen LogP contribution in [0.1, 0.15) is 63.1 Å². The maximum Gasteiger partial charge on any atom is 0.119 e. The van der Waals surface area contributed by atoms with Crippen LogP contribution in [0.25, 0.3) is 0 Å². The zero-order valence-corrected chi connectivity index (χ0v) is 18.6. The molecular formula is C23H29BrClNO. The summed E-state index contributed by atoms with van der Waals surface area (Å²) in [5.74, 6) is 0.918. The molecule has 0 saturated heterocycles. The van der Waals surface area contributed by atoms with Crippen molar-refractivity contribution < 1.29 is 4.74 Å². The Labute approximate surface area is 177 Å². The molecule has 0 heterocycles. The molecule has 27 heavy (non-hydrogen) atoms. The first-order valence-electron chi connectivity index (χ1n) is 10.1. The second-order valence-electron chi connectivity index (χ2n) is 7.19. The molecule has 0 aromatic heterocycles. The summed E-state index contributed by atoms with van der Waals surface area (Å²) < 4.78 is 6.71. The fourth-order valence-electron chi connectivity index (χ4n) is 4.25. The molecule has 146 valence electrons. The van der Waals surface area contributed by atoms with Gasteiger partial charge in [-0.25, -0.2) is 0 Å². The van der Waals surface area contributed by atoms with Crippen LogP contribution in [0.2, 0.25) is 5.02 Å². The molecule has 1 saturated carbocycles. The molecule has 4 heteroatoms. The Morgan fingerprint density at radius 3 is 2.41 bits per heavy atom. The molecule has 1 unspecified atom stereocenters. The molecule has 1 atom stereocenters. The third-order valence-electron chi connectivity index (χ3n) is 5.50. The zero-order valence-electron chi connectivity index (χ0n) is 16.3. The summed E-state index contributed by atoms with van der Waals surface area (Å²) in [4.78, 5) is 2.64. The number of ether oxygens (including phenoxy) is 1. The number of benzene rings is 2. The van der Waals surface area contributed by atoms with E-state index in [-0.39, 0.29) is 6.04 Å². The molecule has 3 rings (SSSR count). The second-order valence-corrected chi connectivity index (χ2v) is 8.52. The van der Waals surface area contributed by atoms with Gasteiger partial charge in [0.05, 0.1) is 12.6 Å². The van der Waals surface area contributed by atoms with Crippen molar-refractivity contribution in [3.05, 3.63) is 63.1 Å². The highest BCUT2D eigenvalue weighted by molar-refractivity contribution is 9.10. The van der Waals surface area contributed by atoms with Crippen molar-refractivity contribution in [2.45, 2.75) is 58.0 Å². The summed E-state index contributed by atoms with van der Waals surface area (Å²) in [7, 11) is 0. The van der Waals surface area contributed by atoms with Gasteiger partial charge in [0.15, 0.2) is 0 Å². The molecule has 0 N–H and O–H groups in total. The van der Waals surface area contributed by atoms with E-state index in [1.165, 1.54) is 43.2 Å². The Morgan fingerprint density at radius 2 is 1.78 bits per heavy atom. The lowest BCUT2D eigenvalue weighted by Crippen LogP contribution is -2.40. The minimum Gasteiger partial charge on any atom is -0.494 e. The van der Waals surface area contributed by atoms with Crippen molar-refractivity contribution in [2.75, 3.05) is 13.2 Å². The normalized spacial score (nSPS) is 16.5. The highest BCUT2D eigenvalue weighted by atomic mass is 79.9. The first-order chi connectivity index (χ1) is 13.1. The van der Waals surface area contributed by atoms with Gasteiger partial charge in [-0.1, -0.05) is 65.8 Å². The van der Waals surface area contributed by atoms with E-state index in [1.54, 1.807) is 0 Å². The van der Waals surface area contributed by atoms with Gasteiger partial charge in [-0.2, -0.15) is 0 Å². The van der Waals surface area contributed by atoms with Gasteiger partial charge in [-0.3, -0.25) is 4.90 Å². The summed E-state index contributed by atoms with van der Waals surface area (Å²) in [5.41, 5.74) is 2.44. The van der Waals surface area contributed by atoms with Gasteiger partial charge in [0.2, 0.25) is 0 Å². The van der Waals surface area contributed by atoms with Crippen molar-refractivity contribution >= 4 is 27.5 Å². The molecule has 2 nitrogen and oxygen atoms in total. The van der Waals surface area contributed by atoms with Crippen LogP contribution in [0, 0.1) is 0 Å². The molecule has 0 bridgehead atoms.